The van der Waals surface area contributed by atoms with Crippen molar-refractivity contribution in [3.8, 4) is 0 Å². The van der Waals surface area contributed by atoms with Crippen LogP contribution in [0.4, 0.5) is 0 Å². The predicted octanol–water partition coefficient (Wildman–Crippen LogP) is 24.1. The van der Waals surface area contributed by atoms with E-state index in [1.807, 2.05) is 0 Å². The molecular weight excluding hydrogens is 1000 g/mol. The molecule has 0 heterocycles. The summed E-state index contributed by atoms with van der Waals surface area (Å²) in [6, 6.07) is 0. The number of allylic oxidation sites excluding steroid dienone is 24. The molecule has 0 saturated carbocycles. The Balaban J connectivity index is 3.56. The van der Waals surface area contributed by atoms with Crippen molar-refractivity contribution in [3.63, 3.8) is 0 Å². The molecule has 0 aromatic rings. The molecule has 1 unspecified atom stereocenters. The van der Waals surface area contributed by atoms with Crippen LogP contribution in [0, 0.1) is 0 Å². The Morgan fingerprint density at radius 2 is 0.524 bits per heavy atom. The first-order valence-corrected chi connectivity index (χ1v) is 34.4. The number of carbonyl (C=O) groups excluding carboxylic acids is 2. The Bertz CT molecular complexity index is 1710. The van der Waals surface area contributed by atoms with Gasteiger partial charge in [-0.3, -0.25) is 9.59 Å². The molecule has 0 radical (unpaired) electrons. The molecule has 0 aliphatic carbocycles. The second-order valence-electron chi connectivity index (χ2n) is 22.5. The molecule has 0 aromatic carbocycles. The van der Waals surface area contributed by atoms with Crippen molar-refractivity contribution < 1.29 is 24.2 Å². The van der Waals surface area contributed by atoms with Crippen LogP contribution in [0.5, 0.6) is 0 Å². The summed E-state index contributed by atoms with van der Waals surface area (Å²) >= 11 is 0. The molecule has 5 nitrogen and oxygen atoms in total. The average Bonchev–Trinajstić information content (AvgIpc) is 3.49. The Morgan fingerprint density at radius 3 is 0.793 bits per heavy atom. The first-order valence-electron chi connectivity index (χ1n) is 34.4. The number of unbranched alkanes of at least 4 members (excludes halogenated alkanes) is 30. The summed E-state index contributed by atoms with van der Waals surface area (Å²) in [5.41, 5.74) is 0. The zero-order valence-corrected chi connectivity index (χ0v) is 53.5. The van der Waals surface area contributed by atoms with Gasteiger partial charge < -0.3 is 14.6 Å². The number of ether oxygens (including phenoxy) is 2. The Morgan fingerprint density at radius 1 is 0.293 bits per heavy atom. The summed E-state index contributed by atoms with van der Waals surface area (Å²) in [6.45, 7) is 4.02. The molecule has 0 rings (SSSR count). The maximum absolute atomic E-state index is 12.4. The minimum Gasteiger partial charge on any atom is -0.462 e. The molecule has 0 amide bonds. The summed E-state index contributed by atoms with van der Waals surface area (Å²) in [5.74, 6) is -0.606. The van der Waals surface area contributed by atoms with Crippen LogP contribution in [0.25, 0.3) is 0 Å². The number of aliphatic hydroxyl groups excluding tert-OH is 1. The van der Waals surface area contributed by atoms with E-state index >= 15 is 0 Å². The van der Waals surface area contributed by atoms with E-state index in [9.17, 15) is 14.7 Å². The van der Waals surface area contributed by atoms with Crippen molar-refractivity contribution >= 4 is 11.9 Å². The standard InChI is InChI=1S/C77H128O5/c1-3-5-7-9-11-13-15-17-19-21-23-25-27-29-31-33-35-36-37-38-39-40-42-44-46-48-50-52-54-56-58-60-62-64-66-68-70-72-77(80)82-75(73-78)74-81-76(79)71-69-67-65-63-61-59-57-55-53-51-49-47-45-43-41-34-32-30-28-26-24-22-20-18-16-14-12-10-8-6-4-2/h5,7,11,13,16-19,22-25,29,31,35-36,38-39,42,44,48,50,54,56,75,78H,3-4,6,8-10,12,14-15,20-21,26-28,30,32-34,37,40-41,43,45-47,49,51-53,55,57-74H2,1-2H3/b7-5-,13-11-,18-16-,19-17-,24-22-,25-23-,31-29-,36-35-,39-38-,44-42-,50-48-,56-54-. The van der Waals surface area contributed by atoms with Gasteiger partial charge in [-0.1, -0.05) is 320 Å². The van der Waals surface area contributed by atoms with E-state index < -0.39 is 6.10 Å². The summed E-state index contributed by atoms with van der Waals surface area (Å²) in [4.78, 5) is 24.6. The molecule has 0 aromatic heterocycles. The van der Waals surface area contributed by atoms with E-state index in [1.165, 1.54) is 167 Å². The quantitative estimate of drug-likeness (QED) is 0.0373. The molecule has 0 bridgehead atoms. The largest absolute Gasteiger partial charge is 0.462 e. The van der Waals surface area contributed by atoms with Gasteiger partial charge in [-0.15, -0.1) is 0 Å². The molecule has 466 valence electrons. The fourth-order valence-electron chi connectivity index (χ4n) is 9.50. The van der Waals surface area contributed by atoms with Crippen LogP contribution < -0.4 is 0 Å². The van der Waals surface area contributed by atoms with Gasteiger partial charge >= 0.3 is 11.9 Å². The topological polar surface area (TPSA) is 72.8 Å². The Hall–Kier alpha value is -4.22. The zero-order valence-electron chi connectivity index (χ0n) is 53.5. The Labute approximate surface area is 508 Å². The average molecular weight is 1130 g/mol. The molecule has 1 N–H and O–H groups in total. The summed E-state index contributed by atoms with van der Waals surface area (Å²) < 4.78 is 10.7. The molecular formula is C77H128O5. The minimum absolute atomic E-state index is 0.0777. The van der Waals surface area contributed by atoms with Crippen LogP contribution in [0.15, 0.2) is 146 Å². The van der Waals surface area contributed by atoms with Gasteiger partial charge in [0.1, 0.15) is 6.61 Å². The van der Waals surface area contributed by atoms with Crippen LogP contribution in [-0.4, -0.2) is 36.4 Å². The maximum atomic E-state index is 12.4. The van der Waals surface area contributed by atoms with Gasteiger partial charge in [0, 0.05) is 12.8 Å². The molecule has 0 aliphatic rings. The van der Waals surface area contributed by atoms with E-state index in [2.05, 4.69) is 160 Å². The monoisotopic (exact) mass is 1130 g/mol. The molecule has 1 atom stereocenters. The first-order chi connectivity index (χ1) is 40.6. The Kier molecular flexibility index (Phi) is 67.4. The summed E-state index contributed by atoms with van der Waals surface area (Å²) in [6.07, 6.45) is 107. The van der Waals surface area contributed by atoms with Crippen molar-refractivity contribution in [2.75, 3.05) is 13.2 Å². The summed E-state index contributed by atoms with van der Waals surface area (Å²) in [7, 11) is 0. The van der Waals surface area contributed by atoms with E-state index in [-0.39, 0.29) is 25.2 Å². The molecule has 0 fully saturated rings. The first kappa shape index (κ1) is 77.8. The molecule has 0 saturated heterocycles. The van der Waals surface area contributed by atoms with Crippen molar-refractivity contribution in [2.24, 2.45) is 0 Å². The van der Waals surface area contributed by atoms with Crippen molar-refractivity contribution in [3.05, 3.63) is 146 Å². The van der Waals surface area contributed by atoms with Crippen LogP contribution >= 0.6 is 0 Å². The van der Waals surface area contributed by atoms with Crippen LogP contribution in [0.2, 0.25) is 0 Å². The zero-order chi connectivity index (χ0) is 59.1. The molecule has 5 heteroatoms. The van der Waals surface area contributed by atoms with E-state index in [0.29, 0.717) is 12.8 Å². The third-order valence-corrected chi connectivity index (χ3v) is 14.6. The maximum Gasteiger partial charge on any atom is 0.306 e. The van der Waals surface area contributed by atoms with Gasteiger partial charge in [0.25, 0.3) is 0 Å². The van der Waals surface area contributed by atoms with Crippen LogP contribution in [-0.2, 0) is 19.1 Å². The number of aliphatic hydroxyl groups is 1. The highest BCUT2D eigenvalue weighted by molar-refractivity contribution is 5.70. The van der Waals surface area contributed by atoms with E-state index in [1.54, 1.807) is 0 Å². The van der Waals surface area contributed by atoms with Gasteiger partial charge in [0.05, 0.1) is 6.61 Å². The minimum atomic E-state index is -0.791. The second-order valence-corrected chi connectivity index (χ2v) is 22.5. The number of hydrogen-bond donors (Lipinski definition) is 1. The number of rotatable bonds is 62. The lowest BCUT2D eigenvalue weighted by Gasteiger charge is -2.15. The van der Waals surface area contributed by atoms with E-state index in [0.717, 1.165) is 116 Å². The number of carbonyl (C=O) groups is 2. The second kappa shape index (κ2) is 71.0. The SMILES string of the molecule is CC/C=C\C/C=C\C/C=C\C/C=C\C/C=C\C/C=C\C/C=C\C/C=C\C/C=C\C/C=C\CCCCCCCCC(=O)OC(CO)COC(=O)CCCCCCCCCCCCCCCCCCCCC/C=C\C/C=C\CCCCCCC. The molecule has 0 aliphatic heterocycles. The van der Waals surface area contributed by atoms with Crippen LogP contribution in [0.1, 0.15) is 309 Å². The summed E-state index contributed by atoms with van der Waals surface area (Å²) in [5, 5.41) is 9.70. The van der Waals surface area contributed by atoms with E-state index in [4.69, 9.17) is 9.47 Å². The van der Waals surface area contributed by atoms with Gasteiger partial charge in [-0.25, -0.2) is 0 Å². The van der Waals surface area contributed by atoms with Crippen molar-refractivity contribution in [1.82, 2.24) is 0 Å². The fourth-order valence-corrected chi connectivity index (χ4v) is 9.50. The third-order valence-electron chi connectivity index (χ3n) is 14.6. The molecule has 82 heavy (non-hydrogen) atoms. The van der Waals surface area contributed by atoms with Crippen molar-refractivity contribution in [1.29, 1.82) is 0 Å². The van der Waals surface area contributed by atoms with Gasteiger partial charge in [0.15, 0.2) is 6.10 Å². The van der Waals surface area contributed by atoms with Gasteiger partial charge in [0.2, 0.25) is 0 Å². The number of hydrogen-bond acceptors (Lipinski definition) is 5. The lowest BCUT2D eigenvalue weighted by Crippen LogP contribution is -2.28. The van der Waals surface area contributed by atoms with Gasteiger partial charge in [-0.05, 0) is 122 Å². The highest BCUT2D eigenvalue weighted by Crippen LogP contribution is 2.17. The predicted molar refractivity (Wildman–Crippen MR) is 361 cm³/mol. The molecule has 0 spiro atoms. The third kappa shape index (κ3) is 68.3. The van der Waals surface area contributed by atoms with Crippen LogP contribution in [0.3, 0.4) is 0 Å². The van der Waals surface area contributed by atoms with Crippen molar-refractivity contribution in [2.45, 2.75) is 315 Å². The number of esters is 2. The highest BCUT2D eigenvalue weighted by atomic mass is 16.6. The smallest absolute Gasteiger partial charge is 0.306 e. The highest BCUT2D eigenvalue weighted by Gasteiger charge is 2.16. The van der Waals surface area contributed by atoms with Gasteiger partial charge in [-0.2, -0.15) is 0 Å². The fraction of sp³-hybridized carbons (Fsp3) is 0.662. The lowest BCUT2D eigenvalue weighted by molar-refractivity contribution is -0.161. The lowest BCUT2D eigenvalue weighted by atomic mass is 10.0. The normalized spacial score (nSPS) is 13.2.